The standard InChI is InChI=1S/C15H13ClFN3O/c1-20(9-4-2-8(17)3-5-9)13-7-12-10(6-11(13)16)14(18)15(21)19-12/h2-7,14H,18H2,1H3,(H,19,21). The molecule has 1 atom stereocenters. The van der Waals surface area contributed by atoms with Gasteiger partial charge in [0.05, 0.1) is 10.7 Å². The smallest absolute Gasteiger partial charge is 0.245 e. The van der Waals surface area contributed by atoms with Gasteiger partial charge in [-0.15, -0.1) is 0 Å². The molecule has 0 radical (unpaired) electrons. The number of hydrogen-bond acceptors (Lipinski definition) is 3. The summed E-state index contributed by atoms with van der Waals surface area (Å²) in [6, 6.07) is 8.84. The molecule has 2 aromatic carbocycles. The lowest BCUT2D eigenvalue weighted by Crippen LogP contribution is -2.19. The fourth-order valence-corrected chi connectivity index (χ4v) is 2.65. The van der Waals surface area contributed by atoms with Crippen molar-refractivity contribution in [1.29, 1.82) is 0 Å². The molecule has 1 unspecified atom stereocenters. The highest BCUT2D eigenvalue weighted by Gasteiger charge is 2.28. The maximum absolute atomic E-state index is 13.0. The zero-order valence-corrected chi connectivity index (χ0v) is 12.0. The van der Waals surface area contributed by atoms with Crippen molar-refractivity contribution in [1.82, 2.24) is 0 Å². The van der Waals surface area contributed by atoms with E-state index in [2.05, 4.69) is 5.32 Å². The maximum Gasteiger partial charge on any atom is 0.245 e. The second-order valence-corrected chi connectivity index (χ2v) is 5.30. The molecule has 1 aliphatic rings. The van der Waals surface area contributed by atoms with Gasteiger partial charge in [-0.3, -0.25) is 4.79 Å². The third kappa shape index (κ3) is 2.34. The molecule has 108 valence electrons. The van der Waals surface area contributed by atoms with Crippen molar-refractivity contribution in [3.05, 3.63) is 52.8 Å². The molecule has 0 spiro atoms. The van der Waals surface area contributed by atoms with Gasteiger partial charge >= 0.3 is 0 Å². The van der Waals surface area contributed by atoms with E-state index in [-0.39, 0.29) is 11.7 Å². The predicted molar refractivity (Wildman–Crippen MR) is 81.5 cm³/mol. The molecule has 1 heterocycles. The van der Waals surface area contributed by atoms with Gasteiger partial charge in [0.15, 0.2) is 0 Å². The van der Waals surface area contributed by atoms with E-state index in [9.17, 15) is 9.18 Å². The number of carbonyl (C=O) groups excluding carboxylic acids is 1. The number of nitrogens with zero attached hydrogens (tertiary/aromatic N) is 1. The van der Waals surface area contributed by atoms with Gasteiger partial charge in [0.1, 0.15) is 11.9 Å². The van der Waals surface area contributed by atoms with Crippen LogP contribution in [0, 0.1) is 5.82 Å². The van der Waals surface area contributed by atoms with Crippen molar-refractivity contribution in [2.45, 2.75) is 6.04 Å². The van der Waals surface area contributed by atoms with Crippen LogP contribution in [0.1, 0.15) is 11.6 Å². The largest absolute Gasteiger partial charge is 0.343 e. The summed E-state index contributed by atoms with van der Waals surface area (Å²) in [6.07, 6.45) is 0. The lowest BCUT2D eigenvalue weighted by Gasteiger charge is -2.21. The van der Waals surface area contributed by atoms with E-state index in [0.29, 0.717) is 22.0 Å². The Morgan fingerprint density at radius 2 is 1.95 bits per heavy atom. The normalized spacial score (nSPS) is 16.6. The number of rotatable bonds is 2. The number of benzene rings is 2. The quantitative estimate of drug-likeness (QED) is 0.896. The summed E-state index contributed by atoms with van der Waals surface area (Å²) in [6.45, 7) is 0. The van der Waals surface area contributed by atoms with Gasteiger partial charge in [0.2, 0.25) is 5.91 Å². The van der Waals surface area contributed by atoms with E-state index in [1.54, 1.807) is 24.3 Å². The highest BCUT2D eigenvalue weighted by molar-refractivity contribution is 6.34. The Labute approximate surface area is 126 Å². The first-order chi connectivity index (χ1) is 9.97. The van der Waals surface area contributed by atoms with Crippen LogP contribution < -0.4 is 16.0 Å². The molecule has 1 aliphatic heterocycles. The van der Waals surface area contributed by atoms with Gasteiger partial charge < -0.3 is 16.0 Å². The average Bonchev–Trinajstić information content (AvgIpc) is 2.73. The van der Waals surface area contributed by atoms with Gasteiger partial charge in [-0.25, -0.2) is 4.39 Å². The van der Waals surface area contributed by atoms with E-state index in [1.165, 1.54) is 12.1 Å². The Hall–Kier alpha value is -2.11. The maximum atomic E-state index is 13.0. The molecule has 3 rings (SSSR count). The monoisotopic (exact) mass is 305 g/mol. The van der Waals surface area contributed by atoms with E-state index in [0.717, 1.165) is 5.69 Å². The summed E-state index contributed by atoms with van der Waals surface area (Å²) in [5.74, 6) is -0.548. The van der Waals surface area contributed by atoms with Crippen molar-refractivity contribution < 1.29 is 9.18 Å². The Bertz CT molecular complexity index is 718. The number of nitrogens with one attached hydrogen (secondary N) is 1. The minimum atomic E-state index is -0.692. The van der Waals surface area contributed by atoms with Crippen LogP contribution in [0.5, 0.6) is 0 Å². The molecule has 6 heteroatoms. The lowest BCUT2D eigenvalue weighted by atomic mass is 10.1. The van der Waals surface area contributed by atoms with Crippen LogP contribution in [0.4, 0.5) is 21.5 Å². The molecule has 0 saturated heterocycles. The second kappa shape index (κ2) is 5.02. The molecule has 0 aliphatic carbocycles. The average molecular weight is 306 g/mol. The molecule has 4 nitrogen and oxygen atoms in total. The van der Waals surface area contributed by atoms with Crippen molar-refractivity contribution >= 4 is 34.6 Å². The summed E-state index contributed by atoms with van der Waals surface area (Å²) < 4.78 is 13.0. The van der Waals surface area contributed by atoms with Crippen LogP contribution in [0.25, 0.3) is 0 Å². The van der Waals surface area contributed by atoms with Gasteiger partial charge in [-0.2, -0.15) is 0 Å². The van der Waals surface area contributed by atoms with Crippen molar-refractivity contribution in [3.63, 3.8) is 0 Å². The summed E-state index contributed by atoms with van der Waals surface area (Å²) in [5, 5.41) is 3.20. The molecule has 21 heavy (non-hydrogen) atoms. The fraction of sp³-hybridized carbons (Fsp3) is 0.133. The zero-order chi connectivity index (χ0) is 15.1. The first-order valence-corrected chi connectivity index (χ1v) is 6.74. The molecule has 3 N–H and O–H groups in total. The SMILES string of the molecule is CN(c1ccc(F)cc1)c1cc2c(cc1Cl)C(N)C(=O)N2. The summed E-state index contributed by atoms with van der Waals surface area (Å²) in [4.78, 5) is 13.4. The predicted octanol–water partition coefficient (Wildman–Crippen LogP) is 3.20. The topological polar surface area (TPSA) is 58.4 Å². The third-order valence-electron chi connectivity index (χ3n) is 3.57. The van der Waals surface area contributed by atoms with Crippen LogP contribution in [0.3, 0.4) is 0 Å². The van der Waals surface area contributed by atoms with E-state index in [1.807, 2.05) is 11.9 Å². The van der Waals surface area contributed by atoms with Crippen LogP contribution in [0.2, 0.25) is 5.02 Å². The number of amides is 1. The van der Waals surface area contributed by atoms with Gasteiger partial charge in [-0.05, 0) is 36.4 Å². The number of fused-ring (bicyclic) bond motifs is 1. The second-order valence-electron chi connectivity index (χ2n) is 4.89. The molecule has 1 amide bonds. The highest BCUT2D eigenvalue weighted by atomic mass is 35.5. The van der Waals surface area contributed by atoms with Gasteiger partial charge in [-0.1, -0.05) is 11.6 Å². The molecular weight excluding hydrogens is 293 g/mol. The summed E-state index contributed by atoms with van der Waals surface area (Å²) in [5.41, 5.74) is 8.61. The van der Waals surface area contributed by atoms with Crippen LogP contribution in [-0.2, 0) is 4.79 Å². The minimum absolute atomic E-state index is 0.248. The lowest BCUT2D eigenvalue weighted by molar-refractivity contribution is -0.116. The van der Waals surface area contributed by atoms with E-state index in [4.69, 9.17) is 17.3 Å². The first-order valence-electron chi connectivity index (χ1n) is 6.36. The Balaban J connectivity index is 2.02. The Morgan fingerprint density at radius 1 is 1.29 bits per heavy atom. The number of hydrogen-bond donors (Lipinski definition) is 2. The molecule has 2 aromatic rings. The highest BCUT2D eigenvalue weighted by Crippen LogP contribution is 2.39. The van der Waals surface area contributed by atoms with Gasteiger partial charge in [0.25, 0.3) is 0 Å². The summed E-state index contributed by atoms with van der Waals surface area (Å²) >= 11 is 6.29. The molecule has 0 bridgehead atoms. The first kappa shape index (κ1) is 13.9. The number of carbonyl (C=O) groups is 1. The van der Waals surface area contributed by atoms with Crippen molar-refractivity contribution in [2.75, 3.05) is 17.3 Å². The van der Waals surface area contributed by atoms with Crippen LogP contribution >= 0.6 is 11.6 Å². The van der Waals surface area contributed by atoms with Crippen LogP contribution in [0.15, 0.2) is 36.4 Å². The molecular formula is C15H13ClFN3O. The van der Waals surface area contributed by atoms with Crippen molar-refractivity contribution in [2.24, 2.45) is 5.73 Å². The number of nitrogens with two attached hydrogens (primary N) is 1. The molecule has 0 aromatic heterocycles. The molecule has 0 saturated carbocycles. The Kier molecular flexibility index (Phi) is 3.31. The zero-order valence-electron chi connectivity index (χ0n) is 11.2. The van der Waals surface area contributed by atoms with Crippen LogP contribution in [-0.4, -0.2) is 13.0 Å². The van der Waals surface area contributed by atoms with E-state index >= 15 is 0 Å². The number of anilines is 3. The van der Waals surface area contributed by atoms with Crippen molar-refractivity contribution in [3.8, 4) is 0 Å². The third-order valence-corrected chi connectivity index (χ3v) is 3.87. The fourth-order valence-electron chi connectivity index (χ4n) is 2.36. The Morgan fingerprint density at radius 3 is 2.62 bits per heavy atom. The molecule has 0 fully saturated rings. The summed E-state index contributed by atoms with van der Waals surface area (Å²) in [7, 11) is 1.82. The minimum Gasteiger partial charge on any atom is -0.343 e. The number of halogens is 2. The van der Waals surface area contributed by atoms with E-state index < -0.39 is 6.04 Å². The van der Waals surface area contributed by atoms with Gasteiger partial charge in [0, 0.05) is 24.0 Å².